The molecular formula is C54H60O6P2S2. The maximum atomic E-state index is 7.47. The zero-order valence-electron chi connectivity index (χ0n) is 39.6. The molecule has 0 aliphatic carbocycles. The minimum Gasteiger partial charge on any atom is -0.408 e. The molecule has 2 heterocycles. The van der Waals surface area contributed by atoms with Gasteiger partial charge in [0.15, 0.2) is 0 Å². The molecule has 8 rings (SSSR count). The predicted molar refractivity (Wildman–Crippen MR) is 268 cm³/mol. The molecule has 0 atom stereocenters. The first kappa shape index (κ1) is 46.2. The first-order valence-electron chi connectivity index (χ1n) is 21.9. The van der Waals surface area contributed by atoms with E-state index in [0.29, 0.717) is 34.5 Å². The van der Waals surface area contributed by atoms with Crippen molar-refractivity contribution in [2.45, 2.75) is 138 Å². The van der Waals surface area contributed by atoms with Gasteiger partial charge in [-0.15, -0.1) is 0 Å². The molecule has 0 saturated carbocycles. The van der Waals surface area contributed by atoms with Crippen LogP contribution in [0.4, 0.5) is 0 Å². The molecule has 0 fully saturated rings. The highest BCUT2D eigenvalue weighted by Gasteiger charge is 2.39. The Morgan fingerprint density at radius 2 is 0.625 bits per heavy atom. The normalized spacial score (nSPS) is 14.7. The molecule has 10 heteroatoms. The van der Waals surface area contributed by atoms with Crippen LogP contribution < -0.4 is 27.1 Å². The highest BCUT2D eigenvalue weighted by Crippen LogP contribution is 2.60. The van der Waals surface area contributed by atoms with Gasteiger partial charge in [-0.05, 0) is 106 Å². The molecule has 0 spiro atoms. The summed E-state index contributed by atoms with van der Waals surface area (Å²) in [4.78, 5) is 3.97. The minimum absolute atomic E-state index is 0.227. The van der Waals surface area contributed by atoms with Gasteiger partial charge in [0, 0.05) is 22.3 Å². The molecule has 0 amide bonds. The molecule has 2 aliphatic rings. The summed E-state index contributed by atoms with van der Waals surface area (Å²) in [7, 11) is -4.09. The maximum Gasteiger partial charge on any atom is 0.530 e. The van der Waals surface area contributed by atoms with Crippen LogP contribution in [0.3, 0.4) is 0 Å². The summed E-state index contributed by atoms with van der Waals surface area (Å²) in [5.41, 5.74) is 7.37. The number of hydrogen-bond donors (Lipinski definition) is 0. The van der Waals surface area contributed by atoms with Crippen LogP contribution in [0, 0.1) is 13.8 Å². The molecule has 6 nitrogen and oxygen atoms in total. The monoisotopic (exact) mass is 930 g/mol. The van der Waals surface area contributed by atoms with Gasteiger partial charge in [0.25, 0.3) is 0 Å². The van der Waals surface area contributed by atoms with Crippen molar-refractivity contribution in [3.8, 4) is 45.6 Å². The molecule has 0 aromatic heterocycles. The second-order valence-electron chi connectivity index (χ2n) is 20.6. The molecule has 6 aromatic rings. The molecule has 6 aromatic carbocycles. The van der Waals surface area contributed by atoms with Crippen LogP contribution in [0.1, 0.15) is 116 Å². The van der Waals surface area contributed by atoms with Gasteiger partial charge in [0.2, 0.25) is 0 Å². The average molecular weight is 931 g/mol. The van der Waals surface area contributed by atoms with Crippen molar-refractivity contribution >= 4 is 40.7 Å². The smallest absolute Gasteiger partial charge is 0.408 e. The van der Waals surface area contributed by atoms with Crippen LogP contribution in [-0.4, -0.2) is 0 Å². The van der Waals surface area contributed by atoms with E-state index in [1.54, 1.807) is 23.5 Å². The second-order valence-corrected chi connectivity index (χ2v) is 24.7. The van der Waals surface area contributed by atoms with Crippen molar-refractivity contribution in [3.63, 3.8) is 0 Å². The molecular weight excluding hydrogens is 871 g/mol. The SMILES string of the molecule is Cc1c(C(C)(C)C)cc(C(C)(C)C)c(OP2Oc3ccccc3Sc3ccccc3O2)c1-c1c(C)c(C(C)(C)C)cc(C(C)(C)C)c1OP1Oc2ccccc2Sc2ccccc2O1. The van der Waals surface area contributed by atoms with Crippen LogP contribution in [0.5, 0.6) is 34.5 Å². The Bertz CT molecular complexity index is 2440. The highest BCUT2D eigenvalue weighted by molar-refractivity contribution is 7.99. The summed E-state index contributed by atoms with van der Waals surface area (Å²) >= 11 is 3.25. The minimum atomic E-state index is -2.05. The third kappa shape index (κ3) is 9.50. The van der Waals surface area contributed by atoms with Crippen molar-refractivity contribution < 1.29 is 27.1 Å². The summed E-state index contributed by atoms with van der Waals surface area (Å²) in [5.74, 6) is 4.23. The zero-order chi connectivity index (χ0) is 45.9. The Labute approximate surface area is 392 Å². The molecule has 0 bridgehead atoms. The third-order valence-corrected chi connectivity index (χ3v) is 15.7. The lowest BCUT2D eigenvalue weighted by atomic mass is 9.72. The fourth-order valence-electron chi connectivity index (χ4n) is 8.24. The topological polar surface area (TPSA) is 55.4 Å². The lowest BCUT2D eigenvalue weighted by molar-refractivity contribution is 0.371. The summed E-state index contributed by atoms with van der Waals surface area (Å²) in [6.07, 6.45) is 0. The van der Waals surface area contributed by atoms with Crippen molar-refractivity contribution in [2.24, 2.45) is 0 Å². The Balaban J connectivity index is 1.44. The molecule has 0 radical (unpaired) electrons. The molecule has 64 heavy (non-hydrogen) atoms. The van der Waals surface area contributed by atoms with E-state index in [-0.39, 0.29) is 21.7 Å². The first-order chi connectivity index (χ1) is 30.1. The number of benzene rings is 6. The highest BCUT2D eigenvalue weighted by atomic mass is 32.2. The van der Waals surface area contributed by atoms with E-state index in [4.69, 9.17) is 27.1 Å². The Hall–Kier alpha value is -4.32. The number of para-hydroxylation sites is 4. The van der Waals surface area contributed by atoms with Gasteiger partial charge in [-0.2, -0.15) is 0 Å². The first-order valence-corrected chi connectivity index (χ1v) is 25.7. The summed E-state index contributed by atoms with van der Waals surface area (Å²) in [6.45, 7) is 31.6. The van der Waals surface area contributed by atoms with Gasteiger partial charge in [-0.3, -0.25) is 0 Å². The van der Waals surface area contributed by atoms with Crippen LogP contribution in [0.2, 0.25) is 0 Å². The predicted octanol–water partition coefficient (Wildman–Crippen LogP) is 17.6. The van der Waals surface area contributed by atoms with Crippen LogP contribution in [-0.2, 0) is 21.7 Å². The van der Waals surface area contributed by atoms with Gasteiger partial charge in [-0.1, -0.05) is 167 Å². The lowest BCUT2D eigenvalue weighted by Gasteiger charge is -2.36. The summed E-state index contributed by atoms with van der Waals surface area (Å²) < 4.78 is 42.4. The van der Waals surface area contributed by atoms with Gasteiger partial charge in [0.1, 0.15) is 34.5 Å². The van der Waals surface area contributed by atoms with Gasteiger partial charge in [0.05, 0.1) is 19.6 Å². The van der Waals surface area contributed by atoms with Gasteiger partial charge in [-0.25, -0.2) is 0 Å². The quantitative estimate of drug-likeness (QED) is 0.159. The number of hydrogen-bond acceptors (Lipinski definition) is 8. The standard InChI is InChI=1S/C54H60O6P2S2/c1-33-35(51(3,4)5)31-37(53(9,10)11)49(59-61-55-39-23-15-19-27-43(39)63-44-28-20-16-24-40(44)56-61)47(33)48-34(2)36(52(6,7)8)32-38(54(12,13)14)50(48)60-62-57-41-25-17-21-29-45(41)64-46-30-22-18-26-42(46)58-62/h15-32H,1-14H3. The van der Waals surface area contributed by atoms with Crippen molar-refractivity contribution in [1.82, 2.24) is 0 Å². The zero-order valence-corrected chi connectivity index (χ0v) is 43.0. The van der Waals surface area contributed by atoms with Gasteiger partial charge >= 0.3 is 17.2 Å². The van der Waals surface area contributed by atoms with E-state index in [1.807, 2.05) is 72.8 Å². The van der Waals surface area contributed by atoms with E-state index >= 15 is 0 Å². The average Bonchev–Trinajstić information content (AvgIpc) is 3.18. The summed E-state index contributed by atoms with van der Waals surface area (Å²) in [6, 6.07) is 37.1. The number of rotatable bonds is 5. The second kappa shape index (κ2) is 17.5. The lowest BCUT2D eigenvalue weighted by Crippen LogP contribution is -2.23. The van der Waals surface area contributed by atoms with Crippen molar-refractivity contribution in [3.05, 3.63) is 143 Å². The van der Waals surface area contributed by atoms with Crippen LogP contribution in [0.25, 0.3) is 11.1 Å². The number of fused-ring (bicyclic) bond motifs is 4. The Kier molecular flexibility index (Phi) is 12.6. The molecule has 0 saturated heterocycles. The van der Waals surface area contributed by atoms with E-state index in [2.05, 4.69) is 133 Å². The fraction of sp³-hybridized carbons (Fsp3) is 0.333. The van der Waals surface area contributed by atoms with Crippen molar-refractivity contribution in [1.29, 1.82) is 0 Å². The van der Waals surface area contributed by atoms with E-state index in [1.165, 1.54) is 11.1 Å². The Morgan fingerprint density at radius 1 is 0.375 bits per heavy atom. The van der Waals surface area contributed by atoms with Crippen LogP contribution >= 0.6 is 40.7 Å². The largest absolute Gasteiger partial charge is 0.530 e. The van der Waals surface area contributed by atoms with Crippen molar-refractivity contribution in [2.75, 3.05) is 0 Å². The Morgan fingerprint density at radius 3 is 0.875 bits per heavy atom. The molecule has 334 valence electrons. The molecule has 2 aliphatic heterocycles. The van der Waals surface area contributed by atoms with E-state index in [0.717, 1.165) is 53.0 Å². The summed E-state index contributed by atoms with van der Waals surface area (Å²) in [5, 5.41) is 0. The van der Waals surface area contributed by atoms with E-state index < -0.39 is 17.2 Å². The third-order valence-electron chi connectivity index (χ3n) is 11.4. The van der Waals surface area contributed by atoms with E-state index in [9.17, 15) is 0 Å². The maximum absolute atomic E-state index is 7.47. The van der Waals surface area contributed by atoms with Crippen LogP contribution in [0.15, 0.2) is 129 Å². The fourth-order valence-corrected chi connectivity index (χ4v) is 12.6. The molecule has 0 N–H and O–H groups in total. The molecule has 0 unspecified atom stereocenters. The van der Waals surface area contributed by atoms with Gasteiger partial charge < -0.3 is 27.1 Å².